The molecule has 2 rings (SSSR count). The van der Waals surface area contributed by atoms with E-state index < -0.39 is 34.4 Å². The molecule has 2 aromatic carbocycles. The third-order valence-electron chi connectivity index (χ3n) is 4.71. The van der Waals surface area contributed by atoms with Crippen molar-refractivity contribution in [3.8, 4) is 0 Å². The van der Waals surface area contributed by atoms with Crippen LogP contribution in [-0.4, -0.2) is 50.5 Å². The van der Waals surface area contributed by atoms with Crippen molar-refractivity contribution in [1.29, 1.82) is 0 Å². The zero-order valence-electron chi connectivity index (χ0n) is 17.8. The second-order valence-corrected chi connectivity index (χ2v) is 10.1. The van der Waals surface area contributed by atoms with Crippen molar-refractivity contribution >= 4 is 62.3 Å². The number of sulfonamides is 1. The molecule has 0 unspecified atom stereocenters. The second kappa shape index (κ2) is 11.2. The first-order valence-corrected chi connectivity index (χ1v) is 12.7. The maximum absolute atomic E-state index is 13.4. The largest absolute Gasteiger partial charge is 0.355 e. The fourth-order valence-corrected chi connectivity index (χ4v) is 4.67. The summed E-state index contributed by atoms with van der Waals surface area (Å²) in [6, 6.07) is 10.3. The van der Waals surface area contributed by atoms with Crippen LogP contribution < -0.4 is 9.62 Å². The van der Waals surface area contributed by atoms with Crippen LogP contribution in [0.15, 0.2) is 42.5 Å². The molecule has 32 heavy (non-hydrogen) atoms. The first-order valence-electron chi connectivity index (χ1n) is 9.69. The van der Waals surface area contributed by atoms with Crippen LogP contribution in [0, 0.1) is 0 Å². The van der Waals surface area contributed by atoms with E-state index in [1.54, 1.807) is 44.2 Å². The Bertz CT molecular complexity index is 1080. The van der Waals surface area contributed by atoms with Gasteiger partial charge in [-0.3, -0.25) is 13.9 Å². The standard InChI is InChI=1S/C21H24Cl3N3O4S/c1-4-25-21(29)14(2)26(12-15-16(22)9-7-10-17(15)23)20(28)13-27(32(3,30)31)19-11-6-5-8-18(19)24/h5-11,14H,4,12-13H2,1-3H3,(H,25,29)/t14-/m1/s1. The molecule has 0 saturated heterocycles. The average Bonchev–Trinajstić information content (AvgIpc) is 2.71. The number of amides is 2. The number of likely N-dealkylation sites (N-methyl/N-ethyl adjacent to an activating group) is 1. The molecule has 0 bridgehead atoms. The molecule has 1 N–H and O–H groups in total. The van der Waals surface area contributed by atoms with Crippen LogP contribution in [0.2, 0.25) is 15.1 Å². The van der Waals surface area contributed by atoms with Gasteiger partial charge < -0.3 is 10.2 Å². The number of nitrogens with zero attached hydrogens (tertiary/aromatic N) is 2. The molecule has 0 aliphatic carbocycles. The highest BCUT2D eigenvalue weighted by molar-refractivity contribution is 7.92. The lowest BCUT2D eigenvalue weighted by Crippen LogP contribution is -2.51. The first kappa shape index (κ1) is 26.3. The molecule has 11 heteroatoms. The predicted molar refractivity (Wildman–Crippen MR) is 129 cm³/mol. The second-order valence-electron chi connectivity index (χ2n) is 7.01. The van der Waals surface area contributed by atoms with Crippen LogP contribution in [0.4, 0.5) is 5.69 Å². The minimum atomic E-state index is -3.87. The van der Waals surface area contributed by atoms with E-state index in [-0.39, 0.29) is 17.3 Å². The topological polar surface area (TPSA) is 86.8 Å². The van der Waals surface area contributed by atoms with Gasteiger partial charge in [0, 0.05) is 28.7 Å². The number of anilines is 1. The first-order chi connectivity index (χ1) is 15.0. The maximum atomic E-state index is 13.4. The summed E-state index contributed by atoms with van der Waals surface area (Å²) >= 11 is 18.7. The van der Waals surface area contributed by atoms with Gasteiger partial charge in [0.2, 0.25) is 21.8 Å². The molecule has 2 aromatic rings. The van der Waals surface area contributed by atoms with E-state index in [0.717, 1.165) is 10.6 Å². The van der Waals surface area contributed by atoms with Crippen LogP contribution in [0.25, 0.3) is 0 Å². The summed E-state index contributed by atoms with van der Waals surface area (Å²) in [7, 11) is -3.87. The normalized spacial score (nSPS) is 12.2. The van der Waals surface area contributed by atoms with Crippen molar-refractivity contribution in [3.05, 3.63) is 63.1 Å². The van der Waals surface area contributed by atoms with E-state index >= 15 is 0 Å². The number of rotatable bonds is 9. The lowest BCUT2D eigenvalue weighted by molar-refractivity contribution is -0.139. The van der Waals surface area contributed by atoms with Crippen LogP contribution in [0.3, 0.4) is 0 Å². The van der Waals surface area contributed by atoms with Gasteiger partial charge in [0.05, 0.1) is 17.0 Å². The van der Waals surface area contributed by atoms with Crippen LogP contribution in [-0.2, 0) is 26.2 Å². The summed E-state index contributed by atoms with van der Waals surface area (Å²) in [6.07, 6.45) is 0.978. The summed E-state index contributed by atoms with van der Waals surface area (Å²) in [4.78, 5) is 27.1. The number of hydrogen-bond acceptors (Lipinski definition) is 4. The van der Waals surface area contributed by atoms with Crippen molar-refractivity contribution in [3.63, 3.8) is 0 Å². The summed E-state index contributed by atoms with van der Waals surface area (Å²) in [5, 5.41) is 3.49. The van der Waals surface area contributed by atoms with Crippen LogP contribution in [0.1, 0.15) is 19.4 Å². The van der Waals surface area contributed by atoms with E-state index in [4.69, 9.17) is 34.8 Å². The SMILES string of the molecule is CCNC(=O)[C@@H](C)N(Cc1c(Cl)cccc1Cl)C(=O)CN(c1ccccc1Cl)S(C)(=O)=O. The number of para-hydroxylation sites is 1. The molecule has 0 fully saturated rings. The summed E-state index contributed by atoms with van der Waals surface area (Å²) in [6.45, 7) is 3.02. The molecule has 7 nitrogen and oxygen atoms in total. The fourth-order valence-electron chi connectivity index (χ4n) is 3.01. The molecule has 1 atom stereocenters. The van der Waals surface area contributed by atoms with Gasteiger partial charge in [0.1, 0.15) is 12.6 Å². The van der Waals surface area contributed by atoms with Gasteiger partial charge in [-0.2, -0.15) is 0 Å². The Morgan fingerprint density at radius 1 is 1.00 bits per heavy atom. The number of nitrogens with one attached hydrogen (secondary N) is 1. The number of carbonyl (C=O) groups excluding carboxylic acids is 2. The lowest BCUT2D eigenvalue weighted by atomic mass is 10.1. The Hall–Kier alpha value is -2.00. The molecule has 0 aliphatic heterocycles. The number of hydrogen-bond donors (Lipinski definition) is 1. The fraction of sp³-hybridized carbons (Fsp3) is 0.333. The van der Waals surface area contributed by atoms with Crippen molar-refractivity contribution in [2.75, 3.05) is 23.7 Å². The quantitative estimate of drug-likeness (QED) is 0.542. The van der Waals surface area contributed by atoms with E-state index in [1.807, 2.05) is 0 Å². The Morgan fingerprint density at radius 2 is 1.56 bits per heavy atom. The highest BCUT2D eigenvalue weighted by Crippen LogP contribution is 2.29. The van der Waals surface area contributed by atoms with Crippen LogP contribution >= 0.6 is 34.8 Å². The van der Waals surface area contributed by atoms with Gasteiger partial charge in [-0.25, -0.2) is 8.42 Å². The van der Waals surface area contributed by atoms with Crippen molar-refractivity contribution < 1.29 is 18.0 Å². The van der Waals surface area contributed by atoms with Crippen molar-refractivity contribution in [1.82, 2.24) is 10.2 Å². The monoisotopic (exact) mass is 519 g/mol. The number of halogens is 3. The molecule has 0 spiro atoms. The molecular weight excluding hydrogens is 497 g/mol. The molecule has 174 valence electrons. The van der Waals surface area contributed by atoms with Gasteiger partial charge in [0.15, 0.2) is 0 Å². The van der Waals surface area contributed by atoms with E-state index in [1.165, 1.54) is 17.0 Å². The molecule has 0 aromatic heterocycles. The summed E-state index contributed by atoms with van der Waals surface area (Å²) in [5.41, 5.74) is 0.607. The Balaban J connectivity index is 2.46. The Kier molecular flexibility index (Phi) is 9.21. The van der Waals surface area contributed by atoms with Crippen molar-refractivity contribution in [2.45, 2.75) is 26.4 Å². The van der Waals surface area contributed by atoms with Gasteiger partial charge >= 0.3 is 0 Å². The maximum Gasteiger partial charge on any atom is 0.244 e. The minimum Gasteiger partial charge on any atom is -0.355 e. The number of carbonyl (C=O) groups is 2. The van der Waals surface area contributed by atoms with Gasteiger partial charge in [0.25, 0.3) is 0 Å². The van der Waals surface area contributed by atoms with Gasteiger partial charge in [-0.05, 0) is 38.1 Å². The highest BCUT2D eigenvalue weighted by Gasteiger charge is 2.31. The average molecular weight is 521 g/mol. The third kappa shape index (κ3) is 6.51. The molecular formula is C21H24Cl3N3O4S. The zero-order valence-corrected chi connectivity index (χ0v) is 20.9. The Morgan fingerprint density at radius 3 is 2.09 bits per heavy atom. The van der Waals surface area contributed by atoms with Crippen molar-refractivity contribution in [2.24, 2.45) is 0 Å². The Labute approximate surface area is 203 Å². The molecule has 0 radical (unpaired) electrons. The van der Waals surface area contributed by atoms with Crippen LogP contribution in [0.5, 0.6) is 0 Å². The highest BCUT2D eigenvalue weighted by atomic mass is 35.5. The lowest BCUT2D eigenvalue weighted by Gasteiger charge is -2.32. The zero-order chi connectivity index (χ0) is 24.1. The molecule has 0 saturated carbocycles. The van der Waals surface area contributed by atoms with E-state index in [9.17, 15) is 18.0 Å². The van der Waals surface area contributed by atoms with E-state index in [2.05, 4.69) is 5.32 Å². The van der Waals surface area contributed by atoms with Gasteiger partial charge in [-0.1, -0.05) is 53.0 Å². The number of benzene rings is 2. The van der Waals surface area contributed by atoms with Gasteiger partial charge in [-0.15, -0.1) is 0 Å². The third-order valence-corrected chi connectivity index (χ3v) is 6.86. The minimum absolute atomic E-state index is 0.0875. The predicted octanol–water partition coefficient (Wildman–Crippen LogP) is 3.97. The summed E-state index contributed by atoms with van der Waals surface area (Å²) in [5.74, 6) is -1.02. The molecule has 2 amide bonds. The smallest absolute Gasteiger partial charge is 0.244 e. The molecule has 0 heterocycles. The van der Waals surface area contributed by atoms with E-state index in [0.29, 0.717) is 22.2 Å². The molecule has 0 aliphatic rings. The summed E-state index contributed by atoms with van der Waals surface area (Å²) < 4.78 is 25.9.